The summed E-state index contributed by atoms with van der Waals surface area (Å²) >= 11 is 5.85. The molecule has 0 unspecified atom stereocenters. The quantitative estimate of drug-likeness (QED) is 0.843. The molecule has 1 fully saturated rings. The molecule has 0 bridgehead atoms. The summed E-state index contributed by atoms with van der Waals surface area (Å²) in [6.45, 7) is 2.82. The van der Waals surface area contributed by atoms with Crippen LogP contribution in [0.3, 0.4) is 0 Å². The molecule has 1 aliphatic rings. The molecule has 1 saturated heterocycles. The van der Waals surface area contributed by atoms with E-state index in [-0.39, 0.29) is 10.8 Å². The molecule has 0 aromatic heterocycles. The summed E-state index contributed by atoms with van der Waals surface area (Å²) in [5, 5.41) is 0.281. The van der Waals surface area contributed by atoms with Crippen LogP contribution >= 0.6 is 11.6 Å². The van der Waals surface area contributed by atoms with Crippen LogP contribution < -0.4 is 4.74 Å². The highest BCUT2D eigenvalue weighted by Gasteiger charge is 2.15. The normalized spacial score (nSPS) is 16.9. The van der Waals surface area contributed by atoms with Gasteiger partial charge in [0.15, 0.2) is 0 Å². The largest absolute Gasteiger partial charge is 0.491 e. The van der Waals surface area contributed by atoms with E-state index in [0.717, 1.165) is 19.6 Å². The van der Waals surface area contributed by atoms with Crippen LogP contribution in [0.4, 0.5) is 4.39 Å². The fourth-order valence-corrected chi connectivity index (χ4v) is 2.12. The summed E-state index contributed by atoms with van der Waals surface area (Å²) in [6, 6.07) is 4.08. The first-order valence-electron chi connectivity index (χ1n) is 5.97. The molecule has 98 valence electrons. The minimum Gasteiger partial charge on any atom is -0.491 e. The van der Waals surface area contributed by atoms with Gasteiger partial charge in [-0.1, -0.05) is 11.6 Å². The van der Waals surface area contributed by atoms with Gasteiger partial charge in [-0.2, -0.15) is 0 Å². The maximum Gasteiger partial charge on any atom is 0.138 e. The maximum absolute atomic E-state index is 12.8. The first-order valence-corrected chi connectivity index (χ1v) is 6.35. The molecule has 1 aromatic carbocycles. The average Bonchev–Trinajstić information content (AvgIpc) is 2.34. The van der Waals surface area contributed by atoms with Crippen molar-refractivity contribution in [3.63, 3.8) is 0 Å². The number of ketones is 1. The molecule has 0 radical (unpaired) electrons. The van der Waals surface area contributed by atoms with Crippen LogP contribution in [0.1, 0.15) is 12.8 Å². The third-order valence-electron chi connectivity index (χ3n) is 2.97. The molecule has 0 spiro atoms. The monoisotopic (exact) mass is 271 g/mol. The van der Waals surface area contributed by atoms with Crippen LogP contribution in [0, 0.1) is 5.82 Å². The highest BCUT2D eigenvalue weighted by atomic mass is 35.5. The van der Waals surface area contributed by atoms with E-state index >= 15 is 0 Å². The van der Waals surface area contributed by atoms with E-state index in [0.29, 0.717) is 31.0 Å². The lowest BCUT2D eigenvalue weighted by Gasteiger charge is -2.25. The van der Waals surface area contributed by atoms with Crippen molar-refractivity contribution in [1.29, 1.82) is 0 Å². The van der Waals surface area contributed by atoms with E-state index in [2.05, 4.69) is 4.90 Å². The van der Waals surface area contributed by atoms with Crippen LogP contribution in [0.25, 0.3) is 0 Å². The van der Waals surface area contributed by atoms with Crippen molar-refractivity contribution in [1.82, 2.24) is 4.90 Å². The number of carbonyl (C=O) groups is 1. The smallest absolute Gasteiger partial charge is 0.138 e. The third-order valence-corrected chi connectivity index (χ3v) is 3.27. The summed E-state index contributed by atoms with van der Waals surface area (Å²) in [7, 11) is 0. The van der Waals surface area contributed by atoms with Gasteiger partial charge in [0.1, 0.15) is 24.0 Å². The lowest BCUT2D eigenvalue weighted by atomic mass is 10.1. The third kappa shape index (κ3) is 3.68. The number of ether oxygens (including phenoxy) is 1. The van der Waals surface area contributed by atoms with Crippen molar-refractivity contribution in [3.05, 3.63) is 29.0 Å². The molecule has 1 heterocycles. The minimum absolute atomic E-state index is 0.281. The maximum atomic E-state index is 12.8. The van der Waals surface area contributed by atoms with Gasteiger partial charge < -0.3 is 4.74 Å². The molecule has 0 amide bonds. The average molecular weight is 272 g/mol. The van der Waals surface area contributed by atoms with E-state index in [4.69, 9.17) is 16.3 Å². The Hall–Kier alpha value is -1.13. The number of hydrogen-bond donors (Lipinski definition) is 0. The Labute approximate surface area is 110 Å². The van der Waals surface area contributed by atoms with Gasteiger partial charge in [0.05, 0.1) is 5.02 Å². The molecule has 2 rings (SSSR count). The number of halogens is 2. The SMILES string of the molecule is O=C1CCN(CCOc2ccc(F)cc2Cl)CC1. The second-order valence-corrected chi connectivity index (χ2v) is 4.71. The fraction of sp³-hybridized carbons (Fsp3) is 0.462. The summed E-state index contributed by atoms with van der Waals surface area (Å²) in [6.07, 6.45) is 1.24. The molecule has 3 nitrogen and oxygen atoms in total. The number of benzene rings is 1. The molecule has 0 aliphatic carbocycles. The van der Waals surface area contributed by atoms with Gasteiger partial charge in [-0.25, -0.2) is 4.39 Å². The molecular formula is C13H15ClFNO2. The van der Waals surface area contributed by atoms with Gasteiger partial charge in [0.2, 0.25) is 0 Å². The van der Waals surface area contributed by atoms with Crippen molar-refractivity contribution in [2.75, 3.05) is 26.2 Å². The topological polar surface area (TPSA) is 29.5 Å². The van der Waals surface area contributed by atoms with Gasteiger partial charge in [-0.15, -0.1) is 0 Å². The Balaban J connectivity index is 1.76. The number of nitrogens with zero attached hydrogens (tertiary/aromatic N) is 1. The lowest BCUT2D eigenvalue weighted by Crippen LogP contribution is -2.36. The Bertz CT molecular complexity index is 429. The number of carbonyl (C=O) groups excluding carboxylic acids is 1. The molecule has 5 heteroatoms. The van der Waals surface area contributed by atoms with Crippen molar-refractivity contribution < 1.29 is 13.9 Å². The van der Waals surface area contributed by atoms with E-state index in [1.165, 1.54) is 18.2 Å². The van der Waals surface area contributed by atoms with Crippen LogP contribution in [0.15, 0.2) is 18.2 Å². The van der Waals surface area contributed by atoms with Gasteiger partial charge in [0, 0.05) is 32.5 Å². The Morgan fingerprint density at radius 3 is 2.72 bits per heavy atom. The first kappa shape index (κ1) is 13.3. The minimum atomic E-state index is -0.373. The van der Waals surface area contributed by atoms with Gasteiger partial charge >= 0.3 is 0 Å². The molecule has 0 atom stereocenters. The lowest BCUT2D eigenvalue weighted by molar-refractivity contribution is -0.121. The van der Waals surface area contributed by atoms with E-state index in [1.54, 1.807) is 0 Å². The van der Waals surface area contributed by atoms with Crippen molar-refractivity contribution in [2.24, 2.45) is 0 Å². The van der Waals surface area contributed by atoms with Crippen LogP contribution in [-0.2, 0) is 4.79 Å². The molecule has 0 saturated carbocycles. The molecule has 18 heavy (non-hydrogen) atoms. The Morgan fingerprint density at radius 2 is 2.06 bits per heavy atom. The predicted molar refractivity (Wildman–Crippen MR) is 67.6 cm³/mol. The molecule has 0 N–H and O–H groups in total. The van der Waals surface area contributed by atoms with E-state index < -0.39 is 0 Å². The van der Waals surface area contributed by atoms with Crippen molar-refractivity contribution >= 4 is 17.4 Å². The summed E-state index contributed by atoms with van der Waals surface area (Å²) < 4.78 is 18.3. The zero-order chi connectivity index (χ0) is 13.0. The molecule has 1 aromatic rings. The number of likely N-dealkylation sites (tertiary alicyclic amines) is 1. The molecule has 1 aliphatic heterocycles. The van der Waals surface area contributed by atoms with Gasteiger partial charge in [0.25, 0.3) is 0 Å². The van der Waals surface area contributed by atoms with Crippen molar-refractivity contribution in [2.45, 2.75) is 12.8 Å². The van der Waals surface area contributed by atoms with E-state index in [1.807, 2.05) is 0 Å². The predicted octanol–water partition coefficient (Wildman–Crippen LogP) is 2.52. The Kier molecular flexibility index (Phi) is 4.55. The van der Waals surface area contributed by atoms with Crippen LogP contribution in [0.2, 0.25) is 5.02 Å². The number of Topliss-reactive ketones (excluding diaryl/α,β-unsaturated/α-hetero) is 1. The van der Waals surface area contributed by atoms with Crippen LogP contribution in [-0.4, -0.2) is 36.9 Å². The standard InChI is InChI=1S/C13H15ClFNO2/c14-12-9-10(15)1-2-13(12)18-8-7-16-5-3-11(17)4-6-16/h1-2,9H,3-8H2. The van der Waals surface area contributed by atoms with Gasteiger partial charge in [-0.3, -0.25) is 9.69 Å². The number of piperidine rings is 1. The summed E-state index contributed by atoms with van der Waals surface area (Å²) in [5.74, 6) is 0.446. The van der Waals surface area contributed by atoms with Crippen LogP contribution in [0.5, 0.6) is 5.75 Å². The summed E-state index contributed by atoms with van der Waals surface area (Å²) in [4.78, 5) is 13.2. The van der Waals surface area contributed by atoms with Gasteiger partial charge in [-0.05, 0) is 18.2 Å². The zero-order valence-corrected chi connectivity index (χ0v) is 10.8. The van der Waals surface area contributed by atoms with Crippen molar-refractivity contribution in [3.8, 4) is 5.75 Å². The Morgan fingerprint density at radius 1 is 1.33 bits per heavy atom. The number of hydrogen-bond acceptors (Lipinski definition) is 3. The highest BCUT2D eigenvalue weighted by Crippen LogP contribution is 2.24. The fourth-order valence-electron chi connectivity index (χ4n) is 1.90. The van der Waals surface area contributed by atoms with E-state index in [9.17, 15) is 9.18 Å². The zero-order valence-electron chi connectivity index (χ0n) is 9.99. The highest BCUT2D eigenvalue weighted by molar-refractivity contribution is 6.32. The first-order chi connectivity index (χ1) is 8.65. The second kappa shape index (κ2) is 6.16. The summed E-state index contributed by atoms with van der Waals surface area (Å²) in [5.41, 5.74) is 0. The number of rotatable bonds is 4. The second-order valence-electron chi connectivity index (χ2n) is 4.30. The molecular weight excluding hydrogens is 257 g/mol.